The van der Waals surface area contributed by atoms with Gasteiger partial charge in [-0.05, 0) is 46.1 Å². The van der Waals surface area contributed by atoms with E-state index in [4.69, 9.17) is 4.74 Å². The van der Waals surface area contributed by atoms with Crippen molar-refractivity contribution in [1.29, 1.82) is 0 Å². The number of ether oxygens (including phenoxy) is 1. The van der Waals surface area contributed by atoms with E-state index in [0.29, 0.717) is 0 Å². The first kappa shape index (κ1) is 11.3. The summed E-state index contributed by atoms with van der Waals surface area (Å²) in [6.45, 7) is 5.80. The molecule has 88 valence electrons. The average molecular weight is 215 g/mol. The zero-order valence-electron chi connectivity index (χ0n) is 9.84. The maximum Gasteiger partial charge on any atom is 0.105 e. The minimum atomic E-state index is -0.191. The highest BCUT2D eigenvalue weighted by atomic mass is 19.1. The van der Waals surface area contributed by atoms with Crippen LogP contribution in [0.25, 0.3) is 0 Å². The lowest BCUT2D eigenvalue weighted by atomic mass is 9.95. The van der Waals surface area contributed by atoms with Gasteiger partial charge in [-0.25, -0.2) is 4.39 Å². The van der Waals surface area contributed by atoms with Crippen LogP contribution in [0.15, 0.2) is 0 Å². The Labute approximate surface area is 91.8 Å². The zero-order valence-corrected chi connectivity index (χ0v) is 9.84. The van der Waals surface area contributed by atoms with Crippen LogP contribution in [-0.4, -0.2) is 42.4 Å². The molecule has 2 atom stereocenters. The number of alkyl halides is 1. The molecule has 0 amide bonds. The Hall–Kier alpha value is -0.150. The highest BCUT2D eigenvalue weighted by Crippen LogP contribution is 2.42. The predicted octanol–water partition coefficient (Wildman–Crippen LogP) is 2.38. The van der Waals surface area contributed by atoms with Crippen molar-refractivity contribution in [3.8, 4) is 0 Å². The highest BCUT2D eigenvalue weighted by molar-refractivity contribution is 5.04. The van der Waals surface area contributed by atoms with Gasteiger partial charge in [0, 0.05) is 11.6 Å². The first-order chi connectivity index (χ1) is 7.18. The topological polar surface area (TPSA) is 12.5 Å². The molecule has 2 aliphatic rings. The number of hydrogen-bond acceptors (Lipinski definition) is 2. The molecule has 2 nitrogen and oxygen atoms in total. The smallest absolute Gasteiger partial charge is 0.105 e. The van der Waals surface area contributed by atoms with Crippen LogP contribution < -0.4 is 0 Å². The summed E-state index contributed by atoms with van der Waals surface area (Å²) in [5.41, 5.74) is 0.182. The van der Waals surface area contributed by atoms with Gasteiger partial charge in [-0.2, -0.15) is 0 Å². The van der Waals surface area contributed by atoms with Gasteiger partial charge in [0.1, 0.15) is 6.67 Å². The molecule has 2 unspecified atom stereocenters. The van der Waals surface area contributed by atoms with Crippen molar-refractivity contribution in [2.75, 3.05) is 19.8 Å². The summed E-state index contributed by atoms with van der Waals surface area (Å²) in [5.74, 6) is 0. The minimum Gasteiger partial charge on any atom is -0.377 e. The molecular formula is C12H22FNO. The molecule has 0 bridgehead atoms. The summed E-state index contributed by atoms with van der Waals surface area (Å²) in [7, 11) is 0. The Morgan fingerprint density at radius 2 is 2.27 bits per heavy atom. The van der Waals surface area contributed by atoms with Crippen molar-refractivity contribution in [2.45, 2.75) is 57.2 Å². The third kappa shape index (κ3) is 2.04. The lowest BCUT2D eigenvalue weighted by molar-refractivity contribution is -0.00690. The molecular weight excluding hydrogens is 193 g/mol. The van der Waals surface area contributed by atoms with E-state index >= 15 is 0 Å². The molecule has 0 N–H and O–H groups in total. The van der Waals surface area contributed by atoms with E-state index in [2.05, 4.69) is 18.7 Å². The van der Waals surface area contributed by atoms with Crippen LogP contribution in [0.5, 0.6) is 0 Å². The summed E-state index contributed by atoms with van der Waals surface area (Å²) in [6, 6.07) is 0.170. The molecule has 2 heterocycles. The third-order valence-electron chi connectivity index (χ3n) is 3.90. The fourth-order valence-corrected chi connectivity index (χ4v) is 3.10. The monoisotopic (exact) mass is 215 g/mol. The molecule has 0 radical (unpaired) electrons. The summed E-state index contributed by atoms with van der Waals surface area (Å²) in [6.07, 6.45) is 4.81. The van der Waals surface area contributed by atoms with Gasteiger partial charge in [0.05, 0.1) is 12.7 Å². The van der Waals surface area contributed by atoms with Crippen molar-refractivity contribution in [3.05, 3.63) is 0 Å². The molecule has 2 fully saturated rings. The SMILES string of the molecule is CC(C)OCC12CCCN1C(CF)CC2. The van der Waals surface area contributed by atoms with Crippen molar-refractivity contribution < 1.29 is 9.13 Å². The van der Waals surface area contributed by atoms with Gasteiger partial charge in [0.2, 0.25) is 0 Å². The number of nitrogens with zero attached hydrogens (tertiary/aromatic N) is 1. The average Bonchev–Trinajstić information content (AvgIpc) is 2.72. The molecule has 0 spiro atoms. The lowest BCUT2D eigenvalue weighted by Crippen LogP contribution is -2.46. The highest BCUT2D eigenvalue weighted by Gasteiger charge is 2.49. The fourth-order valence-electron chi connectivity index (χ4n) is 3.10. The van der Waals surface area contributed by atoms with Crippen LogP contribution >= 0.6 is 0 Å². The Morgan fingerprint density at radius 3 is 2.93 bits per heavy atom. The number of rotatable bonds is 4. The summed E-state index contributed by atoms with van der Waals surface area (Å²) < 4.78 is 18.6. The fraction of sp³-hybridized carbons (Fsp3) is 1.00. The second kappa shape index (κ2) is 4.38. The van der Waals surface area contributed by atoms with Gasteiger partial charge in [-0.3, -0.25) is 4.90 Å². The Bertz CT molecular complexity index is 222. The van der Waals surface area contributed by atoms with E-state index in [1.54, 1.807) is 0 Å². The normalized spacial score (nSPS) is 36.4. The Balaban J connectivity index is 2.00. The minimum absolute atomic E-state index is 0.170. The molecule has 2 rings (SSSR count). The summed E-state index contributed by atoms with van der Waals surface area (Å²) in [5, 5.41) is 0. The van der Waals surface area contributed by atoms with Crippen LogP contribution in [0, 0.1) is 0 Å². The lowest BCUT2D eigenvalue weighted by Gasteiger charge is -2.34. The first-order valence-electron chi connectivity index (χ1n) is 6.12. The maximum absolute atomic E-state index is 12.8. The van der Waals surface area contributed by atoms with Gasteiger partial charge in [0.25, 0.3) is 0 Å². The van der Waals surface area contributed by atoms with Crippen LogP contribution in [0.1, 0.15) is 39.5 Å². The molecule has 15 heavy (non-hydrogen) atoms. The van der Waals surface area contributed by atoms with Crippen molar-refractivity contribution in [2.24, 2.45) is 0 Å². The third-order valence-corrected chi connectivity index (χ3v) is 3.90. The molecule has 0 aromatic carbocycles. The summed E-state index contributed by atoms with van der Waals surface area (Å²) >= 11 is 0. The first-order valence-corrected chi connectivity index (χ1v) is 6.12. The summed E-state index contributed by atoms with van der Waals surface area (Å²) in [4.78, 5) is 2.37. The largest absolute Gasteiger partial charge is 0.377 e. The molecule has 2 aliphatic heterocycles. The van der Waals surface area contributed by atoms with Crippen LogP contribution in [0.2, 0.25) is 0 Å². The van der Waals surface area contributed by atoms with Crippen LogP contribution in [0.3, 0.4) is 0 Å². The van der Waals surface area contributed by atoms with E-state index in [-0.39, 0.29) is 24.4 Å². The van der Waals surface area contributed by atoms with Gasteiger partial charge >= 0.3 is 0 Å². The van der Waals surface area contributed by atoms with Gasteiger partial charge < -0.3 is 4.74 Å². The molecule has 0 aromatic rings. The molecule has 2 saturated heterocycles. The van der Waals surface area contributed by atoms with Crippen molar-refractivity contribution in [3.63, 3.8) is 0 Å². The number of fused-ring (bicyclic) bond motifs is 1. The van der Waals surface area contributed by atoms with E-state index in [1.165, 1.54) is 12.8 Å². The van der Waals surface area contributed by atoms with Crippen molar-refractivity contribution in [1.82, 2.24) is 4.90 Å². The van der Waals surface area contributed by atoms with E-state index in [1.807, 2.05) is 0 Å². The van der Waals surface area contributed by atoms with Crippen LogP contribution in [0.4, 0.5) is 4.39 Å². The molecule has 3 heteroatoms. The Kier molecular flexibility index (Phi) is 3.31. The van der Waals surface area contributed by atoms with E-state index in [9.17, 15) is 4.39 Å². The Morgan fingerprint density at radius 1 is 1.47 bits per heavy atom. The quantitative estimate of drug-likeness (QED) is 0.714. The molecule has 0 saturated carbocycles. The van der Waals surface area contributed by atoms with Gasteiger partial charge in [-0.1, -0.05) is 0 Å². The van der Waals surface area contributed by atoms with E-state index in [0.717, 1.165) is 26.0 Å². The van der Waals surface area contributed by atoms with Gasteiger partial charge in [0.15, 0.2) is 0 Å². The maximum atomic E-state index is 12.8. The molecule has 0 aliphatic carbocycles. The van der Waals surface area contributed by atoms with Crippen molar-refractivity contribution >= 4 is 0 Å². The standard InChI is InChI=1S/C12H22FNO/c1-10(2)15-9-12-5-3-7-14(12)11(8-13)4-6-12/h10-11H,3-9H2,1-2H3. The number of halogens is 1. The number of hydrogen-bond donors (Lipinski definition) is 0. The predicted molar refractivity (Wildman–Crippen MR) is 58.8 cm³/mol. The second-order valence-electron chi connectivity index (χ2n) is 5.23. The van der Waals surface area contributed by atoms with Gasteiger partial charge in [-0.15, -0.1) is 0 Å². The molecule has 0 aromatic heterocycles. The zero-order chi connectivity index (χ0) is 10.9. The second-order valence-corrected chi connectivity index (χ2v) is 5.23. The van der Waals surface area contributed by atoms with E-state index < -0.39 is 0 Å². The van der Waals surface area contributed by atoms with Crippen LogP contribution in [-0.2, 0) is 4.74 Å².